The summed E-state index contributed by atoms with van der Waals surface area (Å²) in [7, 11) is 1.59. The number of nitrogen functional groups attached to an aromatic ring is 1. The van der Waals surface area contributed by atoms with Crippen molar-refractivity contribution >= 4 is 23.3 Å². The molecule has 4 nitrogen and oxygen atoms in total. The van der Waals surface area contributed by atoms with E-state index in [0.717, 1.165) is 5.56 Å². The van der Waals surface area contributed by atoms with Crippen LogP contribution in [0.5, 0.6) is 0 Å². The maximum Gasteiger partial charge on any atom is 0.257 e. The van der Waals surface area contributed by atoms with Crippen LogP contribution in [0.15, 0.2) is 36.5 Å². The molecule has 1 aromatic heterocycles. The van der Waals surface area contributed by atoms with Gasteiger partial charge in [0.2, 0.25) is 0 Å². The first-order chi connectivity index (χ1) is 9.93. The van der Waals surface area contributed by atoms with Crippen molar-refractivity contribution < 1.29 is 9.18 Å². The fourth-order valence-corrected chi connectivity index (χ4v) is 2.31. The fourth-order valence-electron chi connectivity index (χ4n) is 2.01. The molecule has 21 heavy (non-hydrogen) atoms. The summed E-state index contributed by atoms with van der Waals surface area (Å²) in [5, 5.41) is 0.555. The maximum absolute atomic E-state index is 13.9. The minimum atomic E-state index is -0.805. The van der Waals surface area contributed by atoms with Crippen molar-refractivity contribution in [3.05, 3.63) is 58.5 Å². The highest BCUT2D eigenvalue weighted by Gasteiger charge is 2.23. The Morgan fingerprint density at radius 2 is 2.05 bits per heavy atom. The van der Waals surface area contributed by atoms with Crippen molar-refractivity contribution in [1.29, 1.82) is 0 Å². The van der Waals surface area contributed by atoms with Crippen molar-refractivity contribution in [3.8, 4) is 0 Å². The zero-order chi connectivity index (χ0) is 15.6. The highest BCUT2D eigenvalue weighted by atomic mass is 35.5. The van der Waals surface area contributed by atoms with Gasteiger partial charge in [-0.3, -0.25) is 4.79 Å². The van der Waals surface area contributed by atoms with E-state index >= 15 is 0 Å². The van der Waals surface area contributed by atoms with Crippen LogP contribution < -0.4 is 5.73 Å². The summed E-state index contributed by atoms with van der Waals surface area (Å²) in [4.78, 5) is 17.4. The summed E-state index contributed by atoms with van der Waals surface area (Å²) in [6.07, 6.45) is 1.31. The van der Waals surface area contributed by atoms with Gasteiger partial charge in [0.15, 0.2) is 11.6 Å². The van der Waals surface area contributed by atoms with E-state index in [1.807, 2.05) is 25.1 Å². The standard InChI is InChI=1S/C15H15ClFN3O/c1-9(10-5-3-4-6-12(10)16)20(2)15(21)11-7-8-19-14(18)13(11)17/h3-9H,1-2H3,(H2,18,19). The van der Waals surface area contributed by atoms with Gasteiger partial charge in [-0.1, -0.05) is 29.8 Å². The van der Waals surface area contributed by atoms with Gasteiger partial charge >= 0.3 is 0 Å². The summed E-state index contributed by atoms with van der Waals surface area (Å²) in [5.41, 5.74) is 6.07. The van der Waals surface area contributed by atoms with E-state index in [1.54, 1.807) is 13.1 Å². The first kappa shape index (κ1) is 15.3. The minimum absolute atomic E-state index is 0.107. The molecule has 0 saturated heterocycles. The van der Waals surface area contributed by atoms with Crippen LogP contribution in [0.2, 0.25) is 5.02 Å². The van der Waals surface area contributed by atoms with Crippen LogP contribution in [-0.4, -0.2) is 22.8 Å². The Balaban J connectivity index is 2.31. The van der Waals surface area contributed by atoms with Gasteiger partial charge in [-0.05, 0) is 24.6 Å². The fraction of sp³-hybridized carbons (Fsp3) is 0.200. The molecule has 1 aromatic carbocycles. The van der Waals surface area contributed by atoms with Crippen LogP contribution in [0.3, 0.4) is 0 Å². The van der Waals surface area contributed by atoms with Crippen LogP contribution in [0.1, 0.15) is 28.9 Å². The predicted molar refractivity (Wildman–Crippen MR) is 80.6 cm³/mol. The number of nitrogens with zero attached hydrogens (tertiary/aromatic N) is 2. The number of carbonyl (C=O) groups excluding carboxylic acids is 1. The number of amides is 1. The minimum Gasteiger partial charge on any atom is -0.381 e. The number of carbonyl (C=O) groups is 1. The van der Waals surface area contributed by atoms with Gasteiger partial charge in [0.1, 0.15) is 0 Å². The number of halogens is 2. The summed E-state index contributed by atoms with van der Waals surface area (Å²) in [6, 6.07) is 8.22. The van der Waals surface area contributed by atoms with E-state index in [9.17, 15) is 9.18 Å². The Hall–Kier alpha value is -2.14. The molecule has 0 aliphatic carbocycles. The monoisotopic (exact) mass is 307 g/mol. The molecule has 0 aliphatic rings. The molecule has 0 bridgehead atoms. The van der Waals surface area contributed by atoms with Crippen molar-refractivity contribution in [2.75, 3.05) is 12.8 Å². The number of hydrogen-bond acceptors (Lipinski definition) is 3. The molecule has 0 spiro atoms. The third-order valence-electron chi connectivity index (χ3n) is 3.40. The number of hydrogen-bond donors (Lipinski definition) is 1. The lowest BCUT2D eigenvalue weighted by Crippen LogP contribution is -2.30. The molecule has 2 aromatic rings. The number of aromatic nitrogens is 1. The van der Waals surface area contributed by atoms with Gasteiger partial charge in [-0.15, -0.1) is 0 Å². The number of pyridine rings is 1. The zero-order valence-electron chi connectivity index (χ0n) is 11.7. The molecule has 2 rings (SSSR count). The molecular formula is C15H15ClFN3O. The van der Waals surface area contributed by atoms with Crippen molar-refractivity contribution in [1.82, 2.24) is 9.88 Å². The van der Waals surface area contributed by atoms with Crippen molar-refractivity contribution in [2.45, 2.75) is 13.0 Å². The van der Waals surface area contributed by atoms with E-state index in [4.69, 9.17) is 17.3 Å². The number of anilines is 1. The first-order valence-electron chi connectivity index (χ1n) is 6.35. The normalized spacial score (nSPS) is 12.0. The molecule has 0 fully saturated rings. The van der Waals surface area contributed by atoms with E-state index < -0.39 is 11.7 Å². The lowest BCUT2D eigenvalue weighted by Gasteiger charge is -2.26. The number of benzene rings is 1. The summed E-state index contributed by atoms with van der Waals surface area (Å²) in [5.74, 6) is -1.57. The molecule has 2 N–H and O–H groups in total. The molecule has 6 heteroatoms. The average Bonchev–Trinajstić information content (AvgIpc) is 2.48. The van der Waals surface area contributed by atoms with Crippen molar-refractivity contribution in [3.63, 3.8) is 0 Å². The lowest BCUT2D eigenvalue weighted by atomic mass is 10.1. The Labute approximate surface area is 127 Å². The second-order valence-electron chi connectivity index (χ2n) is 4.67. The van der Waals surface area contributed by atoms with Gasteiger partial charge in [-0.2, -0.15) is 0 Å². The van der Waals surface area contributed by atoms with Crippen LogP contribution >= 0.6 is 11.6 Å². The van der Waals surface area contributed by atoms with Crippen LogP contribution in [-0.2, 0) is 0 Å². The smallest absolute Gasteiger partial charge is 0.257 e. The lowest BCUT2D eigenvalue weighted by molar-refractivity contribution is 0.0738. The van der Waals surface area contributed by atoms with Gasteiger partial charge in [0.05, 0.1) is 11.6 Å². The second-order valence-corrected chi connectivity index (χ2v) is 5.08. The second kappa shape index (κ2) is 6.10. The van der Waals surface area contributed by atoms with Gasteiger partial charge in [-0.25, -0.2) is 9.37 Å². The van der Waals surface area contributed by atoms with E-state index in [2.05, 4.69) is 4.98 Å². The predicted octanol–water partition coefficient (Wildman–Crippen LogP) is 3.29. The SMILES string of the molecule is CC(c1ccccc1Cl)N(C)C(=O)c1ccnc(N)c1F. The Morgan fingerprint density at radius 1 is 1.38 bits per heavy atom. The molecule has 110 valence electrons. The van der Waals surface area contributed by atoms with E-state index in [0.29, 0.717) is 5.02 Å². The summed E-state index contributed by atoms with van der Waals surface area (Å²) < 4.78 is 13.9. The quantitative estimate of drug-likeness (QED) is 0.946. The third-order valence-corrected chi connectivity index (χ3v) is 3.75. The Morgan fingerprint density at radius 3 is 2.71 bits per heavy atom. The molecule has 0 saturated carbocycles. The van der Waals surface area contributed by atoms with E-state index in [-0.39, 0.29) is 17.4 Å². The van der Waals surface area contributed by atoms with E-state index in [1.165, 1.54) is 17.2 Å². The largest absolute Gasteiger partial charge is 0.381 e. The average molecular weight is 308 g/mol. The zero-order valence-corrected chi connectivity index (χ0v) is 12.4. The molecular weight excluding hydrogens is 293 g/mol. The van der Waals surface area contributed by atoms with Gasteiger partial charge in [0, 0.05) is 18.3 Å². The summed E-state index contributed by atoms with van der Waals surface area (Å²) >= 11 is 6.13. The number of nitrogens with two attached hydrogens (primary N) is 1. The maximum atomic E-state index is 13.9. The Bertz CT molecular complexity index is 678. The van der Waals surface area contributed by atoms with Gasteiger partial charge in [0.25, 0.3) is 5.91 Å². The first-order valence-corrected chi connectivity index (χ1v) is 6.72. The molecule has 0 aliphatic heterocycles. The molecule has 1 atom stereocenters. The highest BCUT2D eigenvalue weighted by Crippen LogP contribution is 2.27. The number of rotatable bonds is 3. The van der Waals surface area contributed by atoms with Crippen LogP contribution in [0.4, 0.5) is 10.2 Å². The molecule has 1 unspecified atom stereocenters. The van der Waals surface area contributed by atoms with Crippen LogP contribution in [0.25, 0.3) is 0 Å². The topological polar surface area (TPSA) is 59.2 Å². The molecule has 1 amide bonds. The summed E-state index contributed by atoms with van der Waals surface area (Å²) in [6.45, 7) is 1.82. The van der Waals surface area contributed by atoms with Crippen LogP contribution in [0, 0.1) is 5.82 Å². The highest BCUT2D eigenvalue weighted by molar-refractivity contribution is 6.31. The third kappa shape index (κ3) is 2.97. The van der Waals surface area contributed by atoms with Crippen molar-refractivity contribution in [2.24, 2.45) is 0 Å². The molecule has 0 radical (unpaired) electrons. The molecule has 1 heterocycles. The Kier molecular flexibility index (Phi) is 4.43. The van der Waals surface area contributed by atoms with Gasteiger partial charge < -0.3 is 10.6 Å².